The molecule has 0 aliphatic rings. The van der Waals surface area contributed by atoms with E-state index in [-0.39, 0.29) is 5.75 Å². The number of phenolic OH excluding ortho intramolecular Hbond substituents is 1. The first-order chi connectivity index (χ1) is 10.6. The summed E-state index contributed by atoms with van der Waals surface area (Å²) in [4.78, 5) is 0. The topological polar surface area (TPSA) is 44.0 Å². The van der Waals surface area contributed by atoms with Crippen molar-refractivity contribution in [3.8, 4) is 22.9 Å². The van der Waals surface area contributed by atoms with Gasteiger partial charge in [-0.15, -0.1) is 0 Å². The number of nitriles is 1. The number of rotatable bonds is 5. The molecule has 0 heterocycles. The fourth-order valence-corrected chi connectivity index (χ4v) is 2.71. The van der Waals surface area contributed by atoms with Crippen LogP contribution < -0.4 is 0 Å². The van der Waals surface area contributed by atoms with Crippen molar-refractivity contribution in [1.29, 1.82) is 5.26 Å². The number of hydrogen-bond donors (Lipinski definition) is 1. The maximum absolute atomic E-state index is 10.4. The van der Waals surface area contributed by atoms with Crippen LogP contribution in [0, 0.1) is 11.3 Å². The van der Waals surface area contributed by atoms with Crippen LogP contribution in [0.5, 0.6) is 5.75 Å². The first-order valence-corrected chi connectivity index (χ1v) is 7.56. The highest BCUT2D eigenvalue weighted by atomic mass is 16.3. The lowest BCUT2D eigenvalue weighted by molar-refractivity contribution is 0.465. The SMILES string of the molecule is C=C(C)Cc1c(-c2ccccc2)cc(CCC)c(O)c1C#N. The summed E-state index contributed by atoms with van der Waals surface area (Å²) in [6.07, 6.45) is 2.27. The molecule has 0 aliphatic carbocycles. The summed E-state index contributed by atoms with van der Waals surface area (Å²) in [6, 6.07) is 14.2. The third-order valence-corrected chi connectivity index (χ3v) is 3.68. The lowest BCUT2D eigenvalue weighted by atomic mass is 9.88. The molecular weight excluding hydrogens is 270 g/mol. The number of nitrogens with zero attached hydrogens (tertiary/aromatic N) is 1. The predicted octanol–water partition coefficient (Wildman–Crippen LogP) is 5.00. The average molecular weight is 291 g/mol. The van der Waals surface area contributed by atoms with Crippen LogP contribution in [-0.2, 0) is 12.8 Å². The molecule has 0 unspecified atom stereocenters. The van der Waals surface area contributed by atoms with Crippen LogP contribution in [0.3, 0.4) is 0 Å². The van der Waals surface area contributed by atoms with Crippen molar-refractivity contribution in [1.82, 2.24) is 0 Å². The Kier molecular flexibility index (Phi) is 5.01. The molecule has 0 saturated carbocycles. The van der Waals surface area contributed by atoms with Crippen molar-refractivity contribution in [2.75, 3.05) is 0 Å². The van der Waals surface area contributed by atoms with Gasteiger partial charge in [0.2, 0.25) is 0 Å². The van der Waals surface area contributed by atoms with Gasteiger partial charge in [-0.2, -0.15) is 5.26 Å². The van der Waals surface area contributed by atoms with Gasteiger partial charge in [0, 0.05) is 0 Å². The monoisotopic (exact) mass is 291 g/mol. The Morgan fingerprint density at radius 2 is 1.95 bits per heavy atom. The number of aryl methyl sites for hydroxylation is 1. The van der Waals surface area contributed by atoms with E-state index >= 15 is 0 Å². The van der Waals surface area contributed by atoms with Gasteiger partial charge in [-0.05, 0) is 48.1 Å². The van der Waals surface area contributed by atoms with Gasteiger partial charge in [-0.3, -0.25) is 0 Å². The van der Waals surface area contributed by atoms with Gasteiger partial charge in [0.05, 0.1) is 5.56 Å². The van der Waals surface area contributed by atoms with Crippen molar-refractivity contribution in [2.24, 2.45) is 0 Å². The van der Waals surface area contributed by atoms with Crippen molar-refractivity contribution in [2.45, 2.75) is 33.1 Å². The molecule has 22 heavy (non-hydrogen) atoms. The third kappa shape index (κ3) is 3.20. The van der Waals surface area contributed by atoms with Gasteiger partial charge < -0.3 is 5.11 Å². The molecule has 0 radical (unpaired) electrons. The van der Waals surface area contributed by atoms with E-state index in [0.29, 0.717) is 12.0 Å². The largest absolute Gasteiger partial charge is 0.506 e. The van der Waals surface area contributed by atoms with E-state index in [1.54, 1.807) is 0 Å². The first-order valence-electron chi connectivity index (χ1n) is 7.56. The summed E-state index contributed by atoms with van der Waals surface area (Å²) in [7, 11) is 0. The molecule has 0 bridgehead atoms. The van der Waals surface area contributed by atoms with Crippen molar-refractivity contribution in [3.63, 3.8) is 0 Å². The van der Waals surface area contributed by atoms with Gasteiger partial charge in [0.1, 0.15) is 11.8 Å². The molecule has 0 fully saturated rings. The second kappa shape index (κ2) is 6.95. The minimum atomic E-state index is 0.125. The van der Waals surface area contributed by atoms with Crippen molar-refractivity contribution < 1.29 is 5.11 Å². The molecular formula is C20H21NO. The number of phenols is 1. The second-order valence-corrected chi connectivity index (χ2v) is 5.65. The second-order valence-electron chi connectivity index (χ2n) is 5.65. The number of hydrogen-bond acceptors (Lipinski definition) is 2. The Labute approximate surface area is 132 Å². The molecule has 0 spiro atoms. The van der Waals surface area contributed by atoms with Crippen molar-refractivity contribution >= 4 is 0 Å². The molecule has 1 N–H and O–H groups in total. The fraction of sp³-hybridized carbons (Fsp3) is 0.250. The van der Waals surface area contributed by atoms with E-state index in [2.05, 4.69) is 19.6 Å². The van der Waals surface area contributed by atoms with Crippen LogP contribution >= 0.6 is 0 Å². The lowest BCUT2D eigenvalue weighted by Crippen LogP contribution is -2.00. The average Bonchev–Trinajstić information content (AvgIpc) is 2.51. The maximum atomic E-state index is 10.4. The Hall–Kier alpha value is -2.53. The Morgan fingerprint density at radius 3 is 2.50 bits per heavy atom. The van der Waals surface area contributed by atoms with E-state index < -0.39 is 0 Å². The van der Waals surface area contributed by atoms with Gasteiger partial charge in [-0.1, -0.05) is 55.8 Å². The zero-order chi connectivity index (χ0) is 16.1. The van der Waals surface area contributed by atoms with Gasteiger partial charge >= 0.3 is 0 Å². The number of aromatic hydroxyl groups is 1. The normalized spacial score (nSPS) is 10.2. The maximum Gasteiger partial charge on any atom is 0.136 e. The van der Waals surface area contributed by atoms with Crippen LogP contribution in [0.2, 0.25) is 0 Å². The van der Waals surface area contributed by atoms with Crippen LogP contribution in [0.4, 0.5) is 0 Å². The summed E-state index contributed by atoms with van der Waals surface area (Å²) in [5, 5.41) is 20.0. The standard InChI is InChI=1S/C20H21NO/c1-4-8-16-12-17(15-9-6-5-7-10-15)18(11-14(2)3)19(13-21)20(16)22/h5-7,9-10,12,22H,2,4,8,11H2,1,3H3. The summed E-state index contributed by atoms with van der Waals surface area (Å²) < 4.78 is 0. The Bertz CT molecular complexity index is 724. The quantitative estimate of drug-likeness (QED) is 0.788. The molecule has 2 aromatic rings. The van der Waals surface area contributed by atoms with Gasteiger partial charge in [-0.25, -0.2) is 0 Å². The number of benzene rings is 2. The third-order valence-electron chi connectivity index (χ3n) is 3.68. The molecule has 2 heteroatoms. The summed E-state index contributed by atoms with van der Waals surface area (Å²) in [5.41, 5.74) is 5.13. The summed E-state index contributed by atoms with van der Waals surface area (Å²) in [5.74, 6) is 0.125. The fourth-order valence-electron chi connectivity index (χ4n) is 2.71. The number of allylic oxidation sites excluding steroid dienone is 1. The van der Waals surface area contributed by atoms with E-state index in [1.165, 1.54) is 0 Å². The zero-order valence-electron chi connectivity index (χ0n) is 13.2. The molecule has 2 rings (SSSR count). The Balaban J connectivity index is 2.75. The summed E-state index contributed by atoms with van der Waals surface area (Å²) >= 11 is 0. The molecule has 0 aromatic heterocycles. The van der Waals surface area contributed by atoms with Crippen LogP contribution in [-0.4, -0.2) is 5.11 Å². The highest BCUT2D eigenvalue weighted by Gasteiger charge is 2.18. The zero-order valence-corrected chi connectivity index (χ0v) is 13.2. The van der Waals surface area contributed by atoms with Crippen LogP contribution in [0.15, 0.2) is 48.6 Å². The van der Waals surface area contributed by atoms with E-state index in [4.69, 9.17) is 0 Å². The molecule has 0 atom stereocenters. The minimum absolute atomic E-state index is 0.125. The smallest absolute Gasteiger partial charge is 0.136 e. The lowest BCUT2D eigenvalue weighted by Gasteiger charge is -2.16. The molecule has 0 amide bonds. The highest BCUT2D eigenvalue weighted by Crippen LogP contribution is 2.36. The molecule has 0 saturated heterocycles. The van der Waals surface area contributed by atoms with Crippen LogP contribution in [0.1, 0.15) is 37.0 Å². The van der Waals surface area contributed by atoms with Gasteiger partial charge in [0.25, 0.3) is 0 Å². The minimum Gasteiger partial charge on any atom is -0.506 e. The van der Waals surface area contributed by atoms with E-state index in [0.717, 1.165) is 40.7 Å². The van der Waals surface area contributed by atoms with Gasteiger partial charge in [0.15, 0.2) is 0 Å². The molecule has 112 valence electrons. The van der Waals surface area contributed by atoms with Crippen molar-refractivity contribution in [3.05, 3.63) is 65.2 Å². The first kappa shape index (κ1) is 15.9. The van der Waals surface area contributed by atoms with E-state index in [1.807, 2.05) is 43.3 Å². The Morgan fingerprint density at radius 1 is 1.27 bits per heavy atom. The predicted molar refractivity (Wildman–Crippen MR) is 90.8 cm³/mol. The molecule has 0 aliphatic heterocycles. The van der Waals surface area contributed by atoms with E-state index in [9.17, 15) is 10.4 Å². The molecule has 2 nitrogen and oxygen atoms in total. The summed E-state index contributed by atoms with van der Waals surface area (Å²) in [6.45, 7) is 7.96. The molecule has 2 aromatic carbocycles. The highest BCUT2D eigenvalue weighted by molar-refractivity contribution is 5.74. The van der Waals surface area contributed by atoms with Crippen LogP contribution in [0.25, 0.3) is 11.1 Å².